The van der Waals surface area contributed by atoms with Crippen molar-refractivity contribution in [3.8, 4) is 11.5 Å². The Balaban J connectivity index is 2.36. The summed E-state index contributed by atoms with van der Waals surface area (Å²) in [5, 5.41) is 20.8. The summed E-state index contributed by atoms with van der Waals surface area (Å²) in [6.45, 7) is 4.08. The van der Waals surface area contributed by atoms with Gasteiger partial charge in [-0.15, -0.1) is 5.11 Å². The average molecular weight is 400 g/mol. The van der Waals surface area contributed by atoms with Gasteiger partial charge >= 0.3 is 5.97 Å². The number of hydrogen-bond donors (Lipinski definition) is 2. The normalized spacial score (nSPS) is 10.6. The maximum atomic E-state index is 12.5. The Bertz CT molecular complexity index is 871. The summed E-state index contributed by atoms with van der Waals surface area (Å²) >= 11 is 0. The summed E-state index contributed by atoms with van der Waals surface area (Å²) < 4.78 is 11.3. The third kappa shape index (κ3) is 6.49. The van der Waals surface area contributed by atoms with Gasteiger partial charge in [-0.05, 0) is 26.0 Å². The van der Waals surface area contributed by atoms with Gasteiger partial charge in [0.1, 0.15) is 23.7 Å². The lowest BCUT2D eigenvalue weighted by Crippen LogP contribution is -2.19. The Kier molecular flexibility index (Phi) is 7.96. The van der Waals surface area contributed by atoms with Crippen molar-refractivity contribution in [1.82, 2.24) is 5.01 Å². The van der Waals surface area contributed by atoms with Crippen LogP contribution in [0.4, 0.5) is 11.4 Å². The summed E-state index contributed by atoms with van der Waals surface area (Å²) in [6.07, 6.45) is 0. The molecule has 0 bridgehead atoms. The van der Waals surface area contributed by atoms with E-state index < -0.39 is 5.97 Å². The predicted octanol–water partition coefficient (Wildman–Crippen LogP) is 3.75. The van der Waals surface area contributed by atoms with E-state index in [1.54, 1.807) is 36.4 Å². The zero-order valence-corrected chi connectivity index (χ0v) is 16.6. The number of anilines is 1. The molecule has 0 atom stereocenters. The number of aliphatic carboxylic acids is 1. The van der Waals surface area contributed by atoms with Crippen molar-refractivity contribution in [2.75, 3.05) is 32.1 Å². The first-order valence-electron chi connectivity index (χ1n) is 9.09. The summed E-state index contributed by atoms with van der Waals surface area (Å²) in [4.78, 5) is 23.3. The third-order valence-electron chi connectivity index (χ3n) is 3.61. The molecule has 0 spiro atoms. The van der Waals surface area contributed by atoms with E-state index in [2.05, 4.69) is 15.7 Å². The minimum Gasteiger partial charge on any atom is -0.492 e. The SMILES string of the molecule is CCOc1cc(NC(=O)c2ccccc2)c(OCC)cc1N=NN(C)CC(=O)O. The van der Waals surface area contributed by atoms with E-state index in [-0.39, 0.29) is 12.5 Å². The summed E-state index contributed by atoms with van der Waals surface area (Å²) in [5.74, 6) is -0.531. The topological polar surface area (TPSA) is 113 Å². The van der Waals surface area contributed by atoms with Crippen LogP contribution in [-0.4, -0.2) is 48.8 Å². The highest BCUT2D eigenvalue weighted by Crippen LogP contribution is 2.39. The molecule has 2 aromatic rings. The molecular weight excluding hydrogens is 376 g/mol. The van der Waals surface area contributed by atoms with E-state index >= 15 is 0 Å². The molecule has 0 radical (unpaired) electrons. The monoisotopic (exact) mass is 400 g/mol. The van der Waals surface area contributed by atoms with Gasteiger partial charge < -0.3 is 19.9 Å². The third-order valence-corrected chi connectivity index (χ3v) is 3.61. The minimum absolute atomic E-state index is 0.287. The number of amides is 1. The molecule has 1 amide bonds. The lowest BCUT2D eigenvalue weighted by Gasteiger charge is -2.16. The Morgan fingerprint density at radius 3 is 2.34 bits per heavy atom. The van der Waals surface area contributed by atoms with Gasteiger partial charge in [0.25, 0.3) is 5.91 Å². The van der Waals surface area contributed by atoms with Crippen molar-refractivity contribution in [3.05, 3.63) is 48.0 Å². The van der Waals surface area contributed by atoms with Gasteiger partial charge in [-0.2, -0.15) is 0 Å². The van der Waals surface area contributed by atoms with E-state index in [0.717, 1.165) is 0 Å². The zero-order chi connectivity index (χ0) is 21.2. The van der Waals surface area contributed by atoms with Crippen molar-refractivity contribution < 1.29 is 24.2 Å². The first kappa shape index (κ1) is 21.7. The van der Waals surface area contributed by atoms with Gasteiger partial charge in [-0.3, -0.25) is 14.6 Å². The maximum absolute atomic E-state index is 12.5. The van der Waals surface area contributed by atoms with E-state index in [9.17, 15) is 9.59 Å². The molecule has 0 aliphatic heterocycles. The number of hydrogen-bond acceptors (Lipinski definition) is 6. The number of likely N-dealkylation sites (N-methyl/N-ethyl adjacent to an activating group) is 1. The molecule has 154 valence electrons. The highest BCUT2D eigenvalue weighted by molar-refractivity contribution is 6.05. The smallest absolute Gasteiger partial charge is 0.324 e. The van der Waals surface area contributed by atoms with Crippen molar-refractivity contribution in [3.63, 3.8) is 0 Å². The minimum atomic E-state index is -1.02. The molecule has 0 aliphatic carbocycles. The first-order chi connectivity index (χ1) is 13.9. The number of ether oxygens (including phenoxy) is 2. The molecule has 0 aliphatic rings. The number of carbonyl (C=O) groups excluding carboxylic acids is 1. The fourth-order valence-corrected chi connectivity index (χ4v) is 2.41. The Labute approximate surface area is 168 Å². The van der Waals surface area contributed by atoms with Crippen molar-refractivity contribution >= 4 is 23.3 Å². The van der Waals surface area contributed by atoms with Crippen LogP contribution in [0.1, 0.15) is 24.2 Å². The standard InChI is InChI=1S/C20H24N4O5/c1-4-28-17-12-16(22-23-24(3)13-19(25)26)18(29-5-2)11-15(17)21-20(27)14-9-7-6-8-10-14/h6-12H,4-5,13H2,1-3H3,(H,21,27)(H,25,26). The van der Waals surface area contributed by atoms with Crippen LogP contribution in [0.3, 0.4) is 0 Å². The molecule has 2 rings (SSSR count). The van der Waals surface area contributed by atoms with Gasteiger partial charge in [0.2, 0.25) is 0 Å². The number of carboxylic acid groups (broad SMARTS) is 1. The molecular formula is C20H24N4O5. The van der Waals surface area contributed by atoms with Crippen LogP contribution >= 0.6 is 0 Å². The van der Waals surface area contributed by atoms with E-state index in [0.29, 0.717) is 41.7 Å². The average Bonchev–Trinajstić information content (AvgIpc) is 2.69. The molecule has 2 aromatic carbocycles. The number of rotatable bonds is 10. The van der Waals surface area contributed by atoms with Gasteiger partial charge in [0.05, 0.1) is 18.9 Å². The quantitative estimate of drug-likeness (QED) is 0.464. The molecule has 0 unspecified atom stereocenters. The number of nitrogens with one attached hydrogen (secondary N) is 1. The molecule has 29 heavy (non-hydrogen) atoms. The van der Waals surface area contributed by atoms with Crippen LogP contribution in [-0.2, 0) is 4.79 Å². The van der Waals surface area contributed by atoms with Gasteiger partial charge in [0, 0.05) is 24.7 Å². The zero-order valence-electron chi connectivity index (χ0n) is 16.6. The van der Waals surface area contributed by atoms with Crippen molar-refractivity contribution in [1.29, 1.82) is 0 Å². The molecule has 9 heteroatoms. The molecule has 0 saturated heterocycles. The maximum Gasteiger partial charge on any atom is 0.324 e. The van der Waals surface area contributed by atoms with Crippen LogP contribution in [0.5, 0.6) is 11.5 Å². The second-order valence-corrected chi connectivity index (χ2v) is 5.90. The lowest BCUT2D eigenvalue weighted by molar-refractivity contribution is -0.138. The van der Waals surface area contributed by atoms with Crippen LogP contribution in [0, 0.1) is 0 Å². The molecule has 9 nitrogen and oxygen atoms in total. The van der Waals surface area contributed by atoms with E-state index in [4.69, 9.17) is 14.6 Å². The largest absolute Gasteiger partial charge is 0.492 e. The Hall–Kier alpha value is -3.62. The second kappa shape index (κ2) is 10.6. The lowest BCUT2D eigenvalue weighted by atomic mass is 10.2. The van der Waals surface area contributed by atoms with Crippen LogP contribution in [0.2, 0.25) is 0 Å². The van der Waals surface area contributed by atoms with Crippen LogP contribution in [0.15, 0.2) is 52.8 Å². The summed E-state index contributed by atoms with van der Waals surface area (Å²) in [7, 11) is 1.50. The van der Waals surface area contributed by atoms with Crippen LogP contribution < -0.4 is 14.8 Å². The highest BCUT2D eigenvalue weighted by atomic mass is 16.5. The number of carboxylic acids is 1. The van der Waals surface area contributed by atoms with Crippen LogP contribution in [0.25, 0.3) is 0 Å². The Morgan fingerprint density at radius 2 is 1.72 bits per heavy atom. The fourth-order valence-electron chi connectivity index (χ4n) is 2.41. The van der Waals surface area contributed by atoms with E-state index in [1.165, 1.54) is 12.1 Å². The molecule has 0 heterocycles. The summed E-state index contributed by atoms with van der Waals surface area (Å²) in [5.41, 5.74) is 1.29. The fraction of sp³-hybridized carbons (Fsp3) is 0.300. The Morgan fingerprint density at radius 1 is 1.07 bits per heavy atom. The number of nitrogens with zero attached hydrogens (tertiary/aromatic N) is 3. The summed E-state index contributed by atoms with van der Waals surface area (Å²) in [6, 6.07) is 12.0. The second-order valence-electron chi connectivity index (χ2n) is 5.90. The van der Waals surface area contributed by atoms with Gasteiger partial charge in [-0.25, -0.2) is 0 Å². The number of benzene rings is 2. The predicted molar refractivity (Wildman–Crippen MR) is 108 cm³/mol. The van der Waals surface area contributed by atoms with Gasteiger partial charge in [-0.1, -0.05) is 23.4 Å². The molecule has 2 N–H and O–H groups in total. The highest BCUT2D eigenvalue weighted by Gasteiger charge is 2.15. The van der Waals surface area contributed by atoms with Gasteiger partial charge in [0.15, 0.2) is 0 Å². The van der Waals surface area contributed by atoms with Crippen molar-refractivity contribution in [2.24, 2.45) is 10.3 Å². The molecule has 0 fully saturated rings. The first-order valence-corrected chi connectivity index (χ1v) is 9.09. The number of carbonyl (C=O) groups is 2. The van der Waals surface area contributed by atoms with Crippen molar-refractivity contribution in [2.45, 2.75) is 13.8 Å². The molecule has 0 saturated carbocycles. The van der Waals surface area contributed by atoms with E-state index in [1.807, 2.05) is 19.9 Å². The molecule has 0 aromatic heterocycles.